The molecule has 1 aliphatic heterocycles. The Bertz CT molecular complexity index is 442. The first kappa shape index (κ1) is 11.7. The van der Waals surface area contributed by atoms with Crippen LogP contribution in [0, 0.1) is 5.92 Å². The van der Waals surface area contributed by atoms with E-state index < -0.39 is 11.9 Å². The Balaban J connectivity index is 1.86. The molecule has 0 N–H and O–H groups in total. The van der Waals surface area contributed by atoms with Crippen LogP contribution in [0.2, 0.25) is 0 Å². The van der Waals surface area contributed by atoms with Crippen LogP contribution in [0.15, 0.2) is 30.3 Å². The number of carbonyl (C=O) groups excluding carboxylic acids is 1. The Kier molecular flexibility index (Phi) is 2.86. The lowest BCUT2D eigenvalue weighted by Gasteiger charge is -2.36. The van der Waals surface area contributed by atoms with E-state index in [1.165, 1.54) is 6.42 Å². The topological polar surface area (TPSA) is 35.5 Å². The predicted octanol–water partition coefficient (Wildman–Crippen LogP) is 3.21. The molecular weight excluding hydrogens is 228 g/mol. The molecule has 2 aliphatic rings. The Hall–Kier alpha value is -1.35. The Morgan fingerprint density at radius 2 is 2.00 bits per heavy atom. The number of hydrogen-bond acceptors (Lipinski definition) is 3. The summed E-state index contributed by atoms with van der Waals surface area (Å²) in [5.74, 6) is -0.630. The van der Waals surface area contributed by atoms with Gasteiger partial charge in [-0.15, -0.1) is 0 Å². The molecule has 3 heteroatoms. The molecule has 3 rings (SSSR count). The van der Waals surface area contributed by atoms with Crippen molar-refractivity contribution in [1.29, 1.82) is 0 Å². The zero-order chi connectivity index (χ0) is 12.6. The first-order chi connectivity index (χ1) is 8.71. The van der Waals surface area contributed by atoms with Crippen LogP contribution < -0.4 is 0 Å². The van der Waals surface area contributed by atoms with Crippen LogP contribution in [0.1, 0.15) is 44.3 Å². The quantitative estimate of drug-likeness (QED) is 0.714. The predicted molar refractivity (Wildman–Crippen MR) is 66.7 cm³/mol. The van der Waals surface area contributed by atoms with Crippen molar-refractivity contribution in [2.24, 2.45) is 5.92 Å². The van der Waals surface area contributed by atoms with Crippen molar-refractivity contribution in [3.8, 4) is 0 Å². The van der Waals surface area contributed by atoms with E-state index in [0.717, 1.165) is 24.8 Å². The largest absolute Gasteiger partial charge is 0.431 e. The summed E-state index contributed by atoms with van der Waals surface area (Å²) in [6, 6.07) is 9.60. The maximum absolute atomic E-state index is 12.0. The third kappa shape index (κ3) is 1.83. The van der Waals surface area contributed by atoms with E-state index in [1.807, 2.05) is 30.3 Å². The molecule has 1 aromatic carbocycles. The number of hydrogen-bond donors (Lipinski definition) is 0. The van der Waals surface area contributed by atoms with Gasteiger partial charge in [0.25, 0.3) is 0 Å². The van der Waals surface area contributed by atoms with E-state index in [0.29, 0.717) is 0 Å². The smallest absolute Gasteiger partial charge is 0.342 e. The molecule has 96 valence electrons. The van der Waals surface area contributed by atoms with Gasteiger partial charge in [0.15, 0.2) is 6.10 Å². The number of rotatable bonds is 1. The standard InChI is InChI=1S/C15H18O3/c1-11-7-5-6-10-15(11)17-13(14(16)18-15)12-8-3-2-4-9-12/h2-4,8-9,11,13H,5-7,10H2,1H3/t11-,13+,15?/m1/s1. The summed E-state index contributed by atoms with van der Waals surface area (Å²) in [6.45, 7) is 2.11. The molecule has 3 nitrogen and oxygen atoms in total. The second-order valence-electron chi connectivity index (χ2n) is 5.29. The van der Waals surface area contributed by atoms with Crippen LogP contribution in [0.4, 0.5) is 0 Å². The minimum absolute atomic E-state index is 0.241. The molecule has 0 amide bonds. The maximum Gasteiger partial charge on any atom is 0.342 e. The van der Waals surface area contributed by atoms with E-state index in [2.05, 4.69) is 6.92 Å². The van der Waals surface area contributed by atoms with Gasteiger partial charge in [0.1, 0.15) is 0 Å². The molecule has 1 aromatic rings. The van der Waals surface area contributed by atoms with Gasteiger partial charge in [-0.3, -0.25) is 0 Å². The van der Waals surface area contributed by atoms with Crippen LogP contribution in [0.3, 0.4) is 0 Å². The Labute approximate surface area is 107 Å². The molecule has 1 saturated heterocycles. The molecular formula is C15H18O3. The van der Waals surface area contributed by atoms with E-state index in [-0.39, 0.29) is 11.9 Å². The normalized spacial score (nSPS) is 35.7. The van der Waals surface area contributed by atoms with Gasteiger partial charge in [0.2, 0.25) is 5.79 Å². The van der Waals surface area contributed by atoms with Gasteiger partial charge in [-0.25, -0.2) is 4.79 Å². The number of ether oxygens (including phenoxy) is 2. The van der Waals surface area contributed by atoms with Crippen LogP contribution >= 0.6 is 0 Å². The van der Waals surface area contributed by atoms with Gasteiger partial charge in [-0.2, -0.15) is 0 Å². The molecule has 1 spiro atoms. The fraction of sp³-hybridized carbons (Fsp3) is 0.533. The third-order valence-corrected chi connectivity index (χ3v) is 4.07. The first-order valence-corrected chi connectivity index (χ1v) is 6.67. The second-order valence-corrected chi connectivity index (χ2v) is 5.29. The molecule has 3 atom stereocenters. The zero-order valence-electron chi connectivity index (χ0n) is 10.6. The van der Waals surface area contributed by atoms with Crippen LogP contribution in [-0.2, 0) is 14.3 Å². The van der Waals surface area contributed by atoms with Crippen molar-refractivity contribution in [2.75, 3.05) is 0 Å². The summed E-state index contributed by atoms with van der Waals surface area (Å²) < 4.78 is 11.6. The summed E-state index contributed by atoms with van der Waals surface area (Å²) in [5, 5.41) is 0. The minimum Gasteiger partial charge on any atom is -0.431 e. The highest BCUT2D eigenvalue weighted by molar-refractivity contribution is 5.78. The average Bonchev–Trinajstić information content (AvgIpc) is 2.73. The molecule has 0 radical (unpaired) electrons. The summed E-state index contributed by atoms with van der Waals surface area (Å²) >= 11 is 0. The monoisotopic (exact) mass is 246 g/mol. The Morgan fingerprint density at radius 1 is 1.22 bits per heavy atom. The number of benzene rings is 1. The fourth-order valence-corrected chi connectivity index (χ4v) is 2.94. The van der Waals surface area contributed by atoms with E-state index in [4.69, 9.17) is 9.47 Å². The lowest BCUT2D eigenvalue weighted by Crippen LogP contribution is -2.40. The minimum atomic E-state index is -0.671. The summed E-state index contributed by atoms with van der Waals surface area (Å²) in [4.78, 5) is 12.0. The van der Waals surface area contributed by atoms with Gasteiger partial charge in [0.05, 0.1) is 0 Å². The van der Waals surface area contributed by atoms with E-state index >= 15 is 0 Å². The highest BCUT2D eigenvalue weighted by atomic mass is 16.8. The van der Waals surface area contributed by atoms with Crippen molar-refractivity contribution in [3.05, 3.63) is 35.9 Å². The number of esters is 1. The molecule has 18 heavy (non-hydrogen) atoms. The highest BCUT2D eigenvalue weighted by Gasteiger charge is 2.52. The lowest BCUT2D eigenvalue weighted by atomic mass is 9.84. The summed E-state index contributed by atoms with van der Waals surface area (Å²) in [6.07, 6.45) is 3.60. The van der Waals surface area contributed by atoms with Gasteiger partial charge in [-0.05, 0) is 18.4 Å². The van der Waals surface area contributed by atoms with Crippen molar-refractivity contribution in [3.63, 3.8) is 0 Å². The zero-order valence-corrected chi connectivity index (χ0v) is 10.6. The van der Waals surface area contributed by atoms with Crippen molar-refractivity contribution < 1.29 is 14.3 Å². The van der Waals surface area contributed by atoms with Gasteiger partial charge in [-0.1, -0.05) is 43.7 Å². The molecule has 1 aliphatic carbocycles. The molecule has 1 unspecified atom stereocenters. The fourth-order valence-electron chi connectivity index (χ4n) is 2.94. The third-order valence-electron chi connectivity index (χ3n) is 4.07. The molecule has 1 saturated carbocycles. The highest BCUT2D eigenvalue weighted by Crippen LogP contribution is 2.46. The van der Waals surface area contributed by atoms with Crippen LogP contribution in [0.5, 0.6) is 0 Å². The SMILES string of the molecule is C[C@@H]1CCCCC12OC(=O)[C@H](c1ccccc1)O2. The first-order valence-electron chi connectivity index (χ1n) is 6.67. The van der Waals surface area contributed by atoms with Gasteiger partial charge in [0, 0.05) is 12.3 Å². The van der Waals surface area contributed by atoms with Crippen molar-refractivity contribution >= 4 is 5.97 Å². The summed E-state index contributed by atoms with van der Waals surface area (Å²) in [7, 11) is 0. The van der Waals surface area contributed by atoms with Crippen molar-refractivity contribution in [1.82, 2.24) is 0 Å². The van der Waals surface area contributed by atoms with Crippen LogP contribution in [-0.4, -0.2) is 11.8 Å². The second kappa shape index (κ2) is 4.39. The average molecular weight is 246 g/mol. The molecule has 0 aromatic heterocycles. The Morgan fingerprint density at radius 3 is 2.72 bits per heavy atom. The van der Waals surface area contributed by atoms with Crippen molar-refractivity contribution in [2.45, 2.75) is 44.5 Å². The van der Waals surface area contributed by atoms with E-state index in [9.17, 15) is 4.79 Å². The maximum atomic E-state index is 12.0. The number of carbonyl (C=O) groups is 1. The van der Waals surface area contributed by atoms with Gasteiger partial charge < -0.3 is 9.47 Å². The van der Waals surface area contributed by atoms with Gasteiger partial charge >= 0.3 is 5.97 Å². The molecule has 0 bridgehead atoms. The van der Waals surface area contributed by atoms with Crippen LogP contribution in [0.25, 0.3) is 0 Å². The lowest BCUT2D eigenvalue weighted by molar-refractivity contribution is -0.217. The summed E-state index contributed by atoms with van der Waals surface area (Å²) in [5.41, 5.74) is 0.886. The molecule has 2 fully saturated rings. The van der Waals surface area contributed by atoms with E-state index in [1.54, 1.807) is 0 Å². The molecule has 1 heterocycles.